The van der Waals surface area contributed by atoms with Gasteiger partial charge < -0.3 is 33.2 Å². The van der Waals surface area contributed by atoms with Gasteiger partial charge in [0.05, 0.1) is 19.3 Å². The van der Waals surface area contributed by atoms with Gasteiger partial charge >= 0.3 is 0 Å². The number of rotatable bonds is 7. The van der Waals surface area contributed by atoms with Crippen molar-refractivity contribution in [1.82, 2.24) is 19.1 Å². The second-order valence-corrected chi connectivity index (χ2v) is 11.5. The average molecular weight is 622 g/mol. The van der Waals surface area contributed by atoms with Crippen LogP contribution < -0.4 is 5.56 Å². The predicted molar refractivity (Wildman–Crippen MR) is 139 cm³/mol. The molecule has 0 aliphatic carbocycles. The number of halogens is 1. The van der Waals surface area contributed by atoms with Gasteiger partial charge in [-0.05, 0) is 49.2 Å². The monoisotopic (exact) mass is 621 g/mol. The Balaban J connectivity index is 1.35. The largest absolute Gasteiger partial charge is 0.366 e. The summed E-state index contributed by atoms with van der Waals surface area (Å²) in [5.74, 6) is 0.656. The van der Waals surface area contributed by atoms with Crippen molar-refractivity contribution in [2.24, 2.45) is 5.11 Å². The first-order valence-electron chi connectivity index (χ1n) is 12.7. The number of ether oxygens (including phenoxy) is 7. The van der Waals surface area contributed by atoms with Crippen molar-refractivity contribution >= 4 is 27.1 Å². The van der Waals surface area contributed by atoms with Crippen LogP contribution in [0.1, 0.15) is 40.2 Å². The van der Waals surface area contributed by atoms with Crippen molar-refractivity contribution in [3.05, 3.63) is 31.9 Å². The van der Waals surface area contributed by atoms with E-state index in [2.05, 4.69) is 41.8 Å². The third-order valence-electron chi connectivity index (χ3n) is 7.16. The highest BCUT2D eigenvalue weighted by Crippen LogP contribution is 2.45. The molecule has 4 saturated heterocycles. The van der Waals surface area contributed by atoms with Crippen LogP contribution in [0.4, 0.5) is 0 Å². The molecule has 0 bridgehead atoms. The van der Waals surface area contributed by atoms with Gasteiger partial charge in [0.1, 0.15) is 43.5 Å². The van der Waals surface area contributed by atoms with E-state index >= 15 is 0 Å². The van der Waals surface area contributed by atoms with Crippen molar-refractivity contribution < 1.29 is 33.2 Å². The first-order chi connectivity index (χ1) is 19.0. The van der Waals surface area contributed by atoms with Crippen molar-refractivity contribution in [2.75, 3.05) is 19.8 Å². The van der Waals surface area contributed by atoms with E-state index < -0.39 is 66.2 Å². The zero-order chi connectivity index (χ0) is 28.4. The van der Waals surface area contributed by atoms with Crippen LogP contribution in [0.15, 0.2) is 21.0 Å². The van der Waals surface area contributed by atoms with Gasteiger partial charge in [0.25, 0.3) is 5.56 Å². The van der Waals surface area contributed by atoms with Crippen LogP contribution in [0.5, 0.6) is 0 Å². The highest BCUT2D eigenvalue weighted by atomic mass is 79.9. The Morgan fingerprint density at radius 1 is 1.10 bits per heavy atom. The Morgan fingerprint density at radius 2 is 1.73 bits per heavy atom. The zero-order valence-corrected chi connectivity index (χ0v) is 23.8. The van der Waals surface area contributed by atoms with Gasteiger partial charge in [-0.1, -0.05) is 11.0 Å². The Kier molecular flexibility index (Phi) is 6.93. The summed E-state index contributed by atoms with van der Waals surface area (Å²) < 4.78 is 45.5. The van der Waals surface area contributed by atoms with E-state index in [0.29, 0.717) is 4.73 Å². The van der Waals surface area contributed by atoms with E-state index in [0.717, 1.165) is 0 Å². The van der Waals surface area contributed by atoms with Crippen LogP contribution in [-0.4, -0.2) is 87.1 Å². The van der Waals surface area contributed by atoms with Crippen LogP contribution in [0.3, 0.4) is 0 Å². The third-order valence-corrected chi connectivity index (χ3v) is 7.72. The first-order valence-corrected chi connectivity index (χ1v) is 13.5. The lowest BCUT2D eigenvalue weighted by molar-refractivity contribution is -0.202. The van der Waals surface area contributed by atoms with E-state index in [1.165, 1.54) is 10.9 Å². The van der Waals surface area contributed by atoms with Crippen LogP contribution >= 0.6 is 15.9 Å². The van der Waals surface area contributed by atoms with Crippen molar-refractivity contribution in [3.8, 4) is 12.3 Å². The maximum Gasteiger partial charge on any atom is 0.283 e. The van der Waals surface area contributed by atoms with Gasteiger partial charge in [-0.25, -0.2) is 9.97 Å². The zero-order valence-electron chi connectivity index (χ0n) is 22.2. The molecule has 0 unspecified atom stereocenters. The Bertz CT molecular complexity index is 1460. The topological polar surface area (TPSA) is 166 Å². The molecule has 0 amide bonds. The molecule has 2 aromatic rings. The molecule has 0 N–H and O–H groups in total. The summed E-state index contributed by atoms with van der Waals surface area (Å²) in [4.78, 5) is 25.7. The molecule has 8 atom stereocenters. The third kappa shape index (κ3) is 4.61. The number of azide groups is 1. The molecule has 0 aromatic carbocycles. The second-order valence-electron chi connectivity index (χ2n) is 10.8. The Labute approximate surface area is 236 Å². The molecule has 40 heavy (non-hydrogen) atoms. The summed E-state index contributed by atoms with van der Waals surface area (Å²) in [5, 5.41) is 3.66. The van der Waals surface area contributed by atoms with E-state index in [1.54, 1.807) is 32.3 Å². The molecule has 214 valence electrons. The summed E-state index contributed by atoms with van der Waals surface area (Å²) in [5.41, 5.74) is 8.72. The lowest BCUT2D eigenvalue weighted by atomic mass is 10.1. The number of fused-ring (bicyclic) bond motifs is 3. The molecule has 4 fully saturated rings. The van der Waals surface area contributed by atoms with Gasteiger partial charge in [-0.2, -0.15) is 0 Å². The van der Waals surface area contributed by atoms with Crippen LogP contribution in [0.25, 0.3) is 21.6 Å². The van der Waals surface area contributed by atoms with E-state index in [-0.39, 0.29) is 30.9 Å². The molecule has 15 nitrogen and oxygen atoms in total. The lowest BCUT2D eigenvalue weighted by Gasteiger charge is -2.25. The van der Waals surface area contributed by atoms with Crippen LogP contribution in [0.2, 0.25) is 0 Å². The summed E-state index contributed by atoms with van der Waals surface area (Å²) in [7, 11) is 0. The van der Waals surface area contributed by atoms with Crippen molar-refractivity contribution in [2.45, 2.75) is 88.3 Å². The van der Waals surface area contributed by atoms with Gasteiger partial charge in [-0.3, -0.25) is 13.9 Å². The fourth-order valence-electron chi connectivity index (χ4n) is 5.74. The van der Waals surface area contributed by atoms with Gasteiger partial charge in [0.2, 0.25) is 0 Å². The van der Waals surface area contributed by atoms with Gasteiger partial charge in [-0.15, -0.1) is 6.42 Å². The minimum absolute atomic E-state index is 0.0459. The fourth-order valence-corrected chi connectivity index (χ4v) is 6.29. The normalized spacial score (nSPS) is 35.4. The quantitative estimate of drug-likeness (QED) is 0.112. The first kappa shape index (κ1) is 27.6. The highest BCUT2D eigenvalue weighted by molar-refractivity contribution is 9.10. The van der Waals surface area contributed by atoms with E-state index in [4.69, 9.17) is 45.1 Å². The summed E-state index contributed by atoms with van der Waals surface area (Å²) in [6.07, 6.45) is 1.85. The number of nitrogens with zero attached hydrogens (tertiary/aromatic N) is 7. The van der Waals surface area contributed by atoms with Crippen LogP contribution in [-0.2, 0) is 33.2 Å². The van der Waals surface area contributed by atoms with Crippen molar-refractivity contribution in [3.63, 3.8) is 0 Å². The highest BCUT2D eigenvalue weighted by Gasteiger charge is 2.57. The number of aromatic nitrogens is 4. The minimum atomic E-state index is -0.886. The lowest BCUT2D eigenvalue weighted by Crippen LogP contribution is -2.34. The molecule has 4 aliphatic heterocycles. The molecule has 4 aliphatic rings. The van der Waals surface area contributed by atoms with Gasteiger partial charge in [0.15, 0.2) is 39.9 Å². The molecule has 2 aromatic heterocycles. The van der Waals surface area contributed by atoms with E-state index in [1.807, 2.05) is 0 Å². The Hall–Kier alpha value is -2.58. The van der Waals surface area contributed by atoms with Gasteiger partial charge in [0, 0.05) is 4.91 Å². The standard InChI is InChI=1S/C24H28BrN7O8/c1-6-7-34-9-12-15-16(39-24(4,5)38-15)20(36-12)31-10-27-18-13(19(31)33)29-22(25)32(18)21-17-14(37-23(2,3)40-17)11(35-21)8-28-30-26/h1,10-12,14-17,20-21H,7-9H2,2-5H3/t11-,12-,14-,15-,16-,17-,20-,21-/m1/s1. The number of imidazole rings is 1. The summed E-state index contributed by atoms with van der Waals surface area (Å²) >= 11 is 3.46. The molecular weight excluding hydrogens is 594 g/mol. The maximum atomic E-state index is 13.8. The average Bonchev–Trinajstić information content (AvgIpc) is 3.64. The number of hydrogen-bond acceptors (Lipinski definition) is 11. The molecule has 0 radical (unpaired) electrons. The molecule has 6 rings (SSSR count). The molecule has 6 heterocycles. The predicted octanol–water partition coefficient (Wildman–Crippen LogP) is 2.15. The Morgan fingerprint density at radius 3 is 2.40 bits per heavy atom. The summed E-state index contributed by atoms with van der Waals surface area (Å²) in [6, 6.07) is 0. The SMILES string of the molecule is C#CCOC[C@H]1O[C@@H](n2cnc3c(nc(Br)n3[C@@H]3O[C@H](CN=[N+]=[N-])[C@H]4OC(C)(C)O[C@H]43)c2=O)[C@@H]2OC(C)(C)O[C@@H]21. The van der Waals surface area contributed by atoms with Crippen molar-refractivity contribution in [1.29, 1.82) is 0 Å². The molecule has 0 spiro atoms. The fraction of sp³-hybridized carbons (Fsp3) is 0.708. The molecule has 16 heteroatoms. The number of hydrogen-bond donors (Lipinski definition) is 0. The second kappa shape index (κ2) is 10.1. The number of terminal acetylenes is 1. The van der Waals surface area contributed by atoms with Crippen LogP contribution in [0, 0.1) is 12.3 Å². The summed E-state index contributed by atoms with van der Waals surface area (Å²) in [6.45, 7) is 7.51. The molecule has 0 saturated carbocycles. The minimum Gasteiger partial charge on any atom is -0.366 e. The maximum absolute atomic E-state index is 13.8. The van der Waals surface area contributed by atoms with E-state index in [9.17, 15) is 4.79 Å². The molecular formula is C24H28BrN7O8. The smallest absolute Gasteiger partial charge is 0.283 e.